The first kappa shape index (κ1) is 14.8. The van der Waals surface area contributed by atoms with Crippen LogP contribution in [-0.2, 0) is 14.2 Å². The normalized spacial score (nSPS) is 35.0. The third-order valence-corrected chi connectivity index (χ3v) is 4.93. The maximum Gasteiger partial charge on any atom is 0.0930 e. The van der Waals surface area contributed by atoms with Crippen LogP contribution in [0.1, 0.15) is 37.2 Å². The van der Waals surface area contributed by atoms with Crippen LogP contribution in [0.3, 0.4) is 0 Å². The minimum atomic E-state index is -0.155. The van der Waals surface area contributed by atoms with Gasteiger partial charge in [0.15, 0.2) is 0 Å². The number of benzene rings is 1. The van der Waals surface area contributed by atoms with Gasteiger partial charge in [-0.15, -0.1) is 0 Å². The lowest BCUT2D eigenvalue weighted by Crippen LogP contribution is -2.48. The molecule has 3 rings (SSSR count). The highest BCUT2D eigenvalue weighted by molar-refractivity contribution is 5.40. The number of methoxy groups -OCH3 is 2. The minimum Gasteiger partial charge on any atom is -0.399 e. The molecule has 2 aliphatic rings. The number of hydrogen-bond donors (Lipinski definition) is 1. The van der Waals surface area contributed by atoms with Crippen LogP contribution in [0.15, 0.2) is 24.3 Å². The van der Waals surface area contributed by atoms with Crippen molar-refractivity contribution in [2.75, 3.05) is 33.2 Å². The van der Waals surface area contributed by atoms with E-state index < -0.39 is 0 Å². The van der Waals surface area contributed by atoms with Gasteiger partial charge < -0.3 is 19.9 Å². The van der Waals surface area contributed by atoms with Crippen LogP contribution in [0.2, 0.25) is 0 Å². The second kappa shape index (κ2) is 5.59. The molecule has 0 amide bonds. The average Bonchev–Trinajstić information content (AvgIpc) is 2.71. The Morgan fingerprint density at radius 2 is 1.57 bits per heavy atom. The van der Waals surface area contributed by atoms with Crippen LogP contribution in [0.5, 0.6) is 0 Å². The Bertz CT molecular complexity index is 467. The molecule has 21 heavy (non-hydrogen) atoms. The maximum atomic E-state index is 6.45. The molecule has 1 aromatic rings. The summed E-state index contributed by atoms with van der Waals surface area (Å²) in [5, 5.41) is 0. The Hall–Kier alpha value is -1.10. The van der Waals surface area contributed by atoms with Crippen LogP contribution in [0.4, 0.5) is 5.69 Å². The highest BCUT2D eigenvalue weighted by Gasteiger charge is 2.55. The maximum absolute atomic E-state index is 6.45. The number of ether oxygens (including phenoxy) is 3. The van der Waals surface area contributed by atoms with E-state index in [0.29, 0.717) is 19.1 Å². The van der Waals surface area contributed by atoms with Gasteiger partial charge in [0, 0.05) is 19.9 Å². The molecule has 2 unspecified atom stereocenters. The van der Waals surface area contributed by atoms with E-state index in [1.165, 1.54) is 5.56 Å². The van der Waals surface area contributed by atoms with Crippen molar-refractivity contribution < 1.29 is 14.2 Å². The number of anilines is 1. The molecule has 0 aliphatic carbocycles. The molecule has 0 saturated carbocycles. The lowest BCUT2D eigenvalue weighted by molar-refractivity contribution is -0.184. The molecule has 4 nitrogen and oxygen atoms in total. The quantitative estimate of drug-likeness (QED) is 0.848. The molecule has 2 bridgehead atoms. The van der Waals surface area contributed by atoms with Gasteiger partial charge in [0.05, 0.1) is 24.4 Å². The fraction of sp³-hybridized carbons (Fsp3) is 0.647. The van der Waals surface area contributed by atoms with Crippen molar-refractivity contribution in [2.45, 2.75) is 42.8 Å². The van der Waals surface area contributed by atoms with E-state index in [4.69, 9.17) is 19.9 Å². The molecule has 2 aliphatic heterocycles. The molecule has 4 heteroatoms. The largest absolute Gasteiger partial charge is 0.399 e. The van der Waals surface area contributed by atoms with Gasteiger partial charge in [-0.3, -0.25) is 0 Å². The molecule has 2 saturated heterocycles. The first-order valence-corrected chi connectivity index (χ1v) is 7.64. The summed E-state index contributed by atoms with van der Waals surface area (Å²) in [6, 6.07) is 8.26. The fourth-order valence-electron chi connectivity index (χ4n) is 4.13. The number of nitrogens with two attached hydrogens (primary N) is 1. The van der Waals surface area contributed by atoms with Crippen molar-refractivity contribution >= 4 is 5.69 Å². The molecular formula is C17H25NO3. The van der Waals surface area contributed by atoms with Gasteiger partial charge in [-0.1, -0.05) is 12.1 Å². The van der Waals surface area contributed by atoms with Crippen molar-refractivity contribution in [3.05, 3.63) is 29.8 Å². The zero-order valence-corrected chi connectivity index (χ0v) is 12.9. The van der Waals surface area contributed by atoms with Crippen molar-refractivity contribution in [1.29, 1.82) is 0 Å². The van der Waals surface area contributed by atoms with Crippen LogP contribution in [0, 0.1) is 0 Å². The summed E-state index contributed by atoms with van der Waals surface area (Å²) < 4.78 is 17.3. The van der Waals surface area contributed by atoms with Gasteiger partial charge in [0.25, 0.3) is 0 Å². The van der Waals surface area contributed by atoms with Crippen molar-refractivity contribution in [1.82, 2.24) is 0 Å². The van der Waals surface area contributed by atoms with Crippen LogP contribution >= 0.6 is 0 Å². The van der Waals surface area contributed by atoms with Crippen LogP contribution in [0.25, 0.3) is 0 Å². The van der Waals surface area contributed by atoms with Gasteiger partial charge in [-0.25, -0.2) is 0 Å². The predicted molar refractivity (Wildman–Crippen MR) is 82.4 cm³/mol. The Kier molecular flexibility index (Phi) is 3.95. The van der Waals surface area contributed by atoms with Crippen LogP contribution in [-0.4, -0.2) is 38.6 Å². The third kappa shape index (κ3) is 2.80. The Morgan fingerprint density at radius 1 is 1.05 bits per heavy atom. The van der Waals surface area contributed by atoms with Gasteiger partial charge in [0.2, 0.25) is 0 Å². The Balaban J connectivity index is 1.87. The molecule has 116 valence electrons. The highest BCUT2D eigenvalue weighted by atomic mass is 16.6. The molecule has 2 heterocycles. The van der Waals surface area contributed by atoms with Gasteiger partial charge in [-0.05, 0) is 49.3 Å². The molecule has 2 N–H and O–H groups in total. The van der Waals surface area contributed by atoms with Crippen molar-refractivity contribution in [2.24, 2.45) is 0 Å². The topological polar surface area (TPSA) is 53.7 Å². The van der Waals surface area contributed by atoms with E-state index >= 15 is 0 Å². The summed E-state index contributed by atoms with van der Waals surface area (Å²) in [6.07, 6.45) is 4.12. The lowest BCUT2D eigenvalue weighted by Gasteiger charge is -2.43. The first-order valence-electron chi connectivity index (χ1n) is 7.64. The lowest BCUT2D eigenvalue weighted by atomic mass is 9.80. The van der Waals surface area contributed by atoms with E-state index in [-0.39, 0.29) is 11.2 Å². The van der Waals surface area contributed by atoms with Crippen molar-refractivity contribution in [3.8, 4) is 0 Å². The number of hydrogen-bond acceptors (Lipinski definition) is 4. The summed E-state index contributed by atoms with van der Waals surface area (Å²) in [7, 11) is 3.50. The Morgan fingerprint density at radius 3 is 2.05 bits per heavy atom. The van der Waals surface area contributed by atoms with E-state index in [0.717, 1.165) is 31.4 Å². The highest BCUT2D eigenvalue weighted by Crippen LogP contribution is 2.53. The zero-order valence-electron chi connectivity index (χ0n) is 12.9. The minimum absolute atomic E-state index is 0.155. The van der Waals surface area contributed by atoms with E-state index in [2.05, 4.69) is 12.1 Å². The zero-order chi connectivity index (χ0) is 14.9. The van der Waals surface area contributed by atoms with E-state index in [1.807, 2.05) is 12.1 Å². The monoisotopic (exact) mass is 291 g/mol. The molecule has 2 fully saturated rings. The smallest absolute Gasteiger partial charge is 0.0930 e. The molecule has 0 aromatic heterocycles. The second-order valence-electron chi connectivity index (χ2n) is 6.61. The Labute approximate surface area is 126 Å². The number of nitrogen functional groups attached to an aromatic ring is 1. The summed E-state index contributed by atoms with van der Waals surface area (Å²) in [5.41, 5.74) is 7.65. The van der Waals surface area contributed by atoms with Gasteiger partial charge in [0.1, 0.15) is 0 Å². The predicted octanol–water partition coefficient (Wildman–Crippen LogP) is 2.73. The summed E-state index contributed by atoms with van der Waals surface area (Å²) in [5.74, 6) is 0.479. The van der Waals surface area contributed by atoms with E-state index in [9.17, 15) is 0 Å². The van der Waals surface area contributed by atoms with E-state index in [1.54, 1.807) is 14.2 Å². The van der Waals surface area contributed by atoms with Crippen molar-refractivity contribution in [3.63, 3.8) is 0 Å². The number of fused-ring (bicyclic) bond motifs is 2. The van der Waals surface area contributed by atoms with Gasteiger partial charge in [-0.2, -0.15) is 0 Å². The summed E-state index contributed by atoms with van der Waals surface area (Å²) in [4.78, 5) is 0. The summed E-state index contributed by atoms with van der Waals surface area (Å²) >= 11 is 0. The van der Waals surface area contributed by atoms with Crippen LogP contribution < -0.4 is 5.73 Å². The third-order valence-electron chi connectivity index (χ3n) is 4.93. The molecule has 0 spiro atoms. The second-order valence-corrected chi connectivity index (χ2v) is 6.61. The summed E-state index contributed by atoms with van der Waals surface area (Å²) in [6.45, 7) is 1.31. The molecule has 2 atom stereocenters. The molecule has 1 aromatic carbocycles. The SMILES string of the molecule is COCC12CCC(COC)(CC(c3ccc(N)cc3)C1)O2. The van der Waals surface area contributed by atoms with Gasteiger partial charge >= 0.3 is 0 Å². The first-order chi connectivity index (χ1) is 10.1. The fourth-order valence-corrected chi connectivity index (χ4v) is 4.13. The number of rotatable bonds is 5. The standard InChI is InChI=1S/C17H25NO3/c1-19-11-16-7-8-17(21-16,12-20-2)10-14(9-16)13-3-5-15(18)6-4-13/h3-6,14H,7-12,18H2,1-2H3. The molecule has 0 radical (unpaired) electrons. The molecular weight excluding hydrogens is 266 g/mol. The average molecular weight is 291 g/mol.